The Morgan fingerprint density at radius 3 is 2.02 bits per heavy atom. The van der Waals surface area contributed by atoms with Crippen LogP contribution in [0.3, 0.4) is 0 Å². The highest BCUT2D eigenvalue weighted by molar-refractivity contribution is 6.03. The van der Waals surface area contributed by atoms with Crippen LogP contribution in [0.15, 0.2) is 132 Å². The van der Waals surface area contributed by atoms with Gasteiger partial charge in [-0.25, -0.2) is 4.79 Å². The SMILES string of the molecule is COc1cccc(C(c2ccccc2)(c2ccccc2)[C@@]2(n3ccc(NC(=O)c4ccccc4)nc3=O)O[C@H](CO)[C@@H](O)[C@H]2O)c1. The second-order valence-corrected chi connectivity index (χ2v) is 11.0. The topological polar surface area (TPSA) is 143 Å². The van der Waals surface area contributed by atoms with Gasteiger partial charge in [0.2, 0.25) is 0 Å². The predicted molar refractivity (Wildman–Crippen MR) is 171 cm³/mol. The summed E-state index contributed by atoms with van der Waals surface area (Å²) in [6.07, 6.45) is -3.30. The third kappa shape index (κ3) is 4.97. The quantitative estimate of drug-likeness (QED) is 0.184. The van der Waals surface area contributed by atoms with E-state index in [2.05, 4.69) is 10.3 Å². The van der Waals surface area contributed by atoms with Crippen molar-refractivity contribution in [3.8, 4) is 5.75 Å². The molecule has 5 aromatic rings. The van der Waals surface area contributed by atoms with E-state index < -0.39 is 47.7 Å². The van der Waals surface area contributed by atoms with Gasteiger partial charge in [-0.1, -0.05) is 91.0 Å². The minimum Gasteiger partial charge on any atom is -0.497 e. The zero-order chi connectivity index (χ0) is 32.3. The van der Waals surface area contributed by atoms with Gasteiger partial charge in [0.15, 0.2) is 5.72 Å². The monoisotopic (exact) mass is 619 g/mol. The Hall–Kier alpha value is -5.13. The van der Waals surface area contributed by atoms with E-state index in [0.29, 0.717) is 28.0 Å². The molecule has 1 aliphatic rings. The van der Waals surface area contributed by atoms with Crippen LogP contribution in [0.25, 0.3) is 0 Å². The summed E-state index contributed by atoms with van der Waals surface area (Å²) in [5.74, 6) is 0.00986. The summed E-state index contributed by atoms with van der Waals surface area (Å²) in [6, 6.07) is 35.4. The standard InChI is InChI=1S/C36H33N3O7/c1-45-28-19-11-18-27(22-28)35(25-14-7-3-8-15-25,26-16-9-4-10-17-26)36(32(42)31(41)29(23-40)46-36)39-21-20-30(38-34(39)44)37-33(43)24-12-5-2-6-13-24/h2-22,29,31-32,40-42H,23H2,1H3,(H,37,38,43,44)/t29-,31-,32-,36+/m1/s1. The molecule has 0 unspecified atom stereocenters. The van der Waals surface area contributed by atoms with Gasteiger partial charge in [0, 0.05) is 11.8 Å². The average molecular weight is 620 g/mol. The molecule has 4 aromatic carbocycles. The smallest absolute Gasteiger partial charge is 0.351 e. The van der Waals surface area contributed by atoms with Crippen molar-refractivity contribution in [1.29, 1.82) is 0 Å². The number of hydrogen-bond donors (Lipinski definition) is 4. The molecular weight excluding hydrogens is 586 g/mol. The normalized spacial score (nSPS) is 21.1. The molecule has 0 saturated carbocycles. The van der Waals surface area contributed by atoms with Crippen molar-refractivity contribution in [1.82, 2.24) is 9.55 Å². The number of nitrogens with one attached hydrogen (secondary N) is 1. The molecule has 6 rings (SSSR count). The number of aliphatic hydroxyl groups is 3. The van der Waals surface area contributed by atoms with Crippen LogP contribution in [0, 0.1) is 0 Å². The fourth-order valence-corrected chi connectivity index (χ4v) is 6.50. The molecule has 234 valence electrons. The number of anilines is 1. The van der Waals surface area contributed by atoms with Gasteiger partial charge in [-0.15, -0.1) is 0 Å². The first-order valence-electron chi connectivity index (χ1n) is 14.7. The lowest BCUT2D eigenvalue weighted by Gasteiger charge is -2.51. The van der Waals surface area contributed by atoms with Gasteiger partial charge in [0.1, 0.15) is 29.9 Å². The van der Waals surface area contributed by atoms with Crippen molar-refractivity contribution in [2.24, 2.45) is 0 Å². The van der Waals surface area contributed by atoms with Crippen LogP contribution in [-0.2, 0) is 15.9 Å². The molecule has 46 heavy (non-hydrogen) atoms. The Morgan fingerprint density at radius 1 is 0.891 bits per heavy atom. The van der Waals surface area contributed by atoms with E-state index in [1.54, 1.807) is 48.5 Å². The minimum atomic E-state index is -2.14. The number of methoxy groups -OCH3 is 1. The summed E-state index contributed by atoms with van der Waals surface area (Å²) in [5.41, 5.74) is -2.44. The van der Waals surface area contributed by atoms with Crippen molar-refractivity contribution in [2.45, 2.75) is 29.5 Å². The van der Waals surface area contributed by atoms with E-state index in [0.717, 1.165) is 4.57 Å². The summed E-state index contributed by atoms with van der Waals surface area (Å²) in [7, 11) is 1.53. The van der Waals surface area contributed by atoms with E-state index in [1.165, 1.54) is 19.4 Å². The van der Waals surface area contributed by atoms with E-state index >= 15 is 0 Å². The molecule has 2 heterocycles. The highest BCUT2D eigenvalue weighted by Gasteiger charge is 2.68. The van der Waals surface area contributed by atoms with Crippen LogP contribution in [-0.4, -0.2) is 62.8 Å². The number of carbonyl (C=O) groups is 1. The predicted octanol–water partition coefficient (Wildman–Crippen LogP) is 3.30. The number of ether oxygens (including phenoxy) is 2. The van der Waals surface area contributed by atoms with Gasteiger partial charge in [0.05, 0.1) is 19.1 Å². The minimum absolute atomic E-state index is 0.0246. The molecule has 4 N–H and O–H groups in total. The summed E-state index contributed by atoms with van der Waals surface area (Å²) in [5, 5.41) is 36.6. The fraction of sp³-hybridized carbons (Fsp3) is 0.194. The Bertz CT molecular complexity index is 1830. The average Bonchev–Trinajstić information content (AvgIpc) is 3.36. The van der Waals surface area contributed by atoms with E-state index in [9.17, 15) is 24.9 Å². The van der Waals surface area contributed by atoms with Crippen LogP contribution in [0.1, 0.15) is 27.0 Å². The van der Waals surface area contributed by atoms with Crippen LogP contribution >= 0.6 is 0 Å². The van der Waals surface area contributed by atoms with Crippen LogP contribution < -0.4 is 15.7 Å². The summed E-state index contributed by atoms with van der Waals surface area (Å²) >= 11 is 0. The lowest BCUT2D eigenvalue weighted by Crippen LogP contribution is -2.64. The summed E-state index contributed by atoms with van der Waals surface area (Å²) < 4.78 is 13.4. The second kappa shape index (κ2) is 12.7. The molecule has 10 heteroatoms. The molecule has 1 amide bonds. The van der Waals surface area contributed by atoms with Gasteiger partial charge in [0.25, 0.3) is 5.91 Å². The molecule has 1 saturated heterocycles. The van der Waals surface area contributed by atoms with Gasteiger partial charge in [-0.2, -0.15) is 4.98 Å². The number of benzene rings is 4. The van der Waals surface area contributed by atoms with Gasteiger partial charge >= 0.3 is 5.69 Å². The van der Waals surface area contributed by atoms with Crippen molar-refractivity contribution in [3.63, 3.8) is 0 Å². The molecule has 0 aliphatic carbocycles. The number of nitrogens with zero attached hydrogens (tertiary/aromatic N) is 2. The molecule has 0 bridgehead atoms. The molecule has 0 radical (unpaired) electrons. The van der Waals surface area contributed by atoms with Crippen LogP contribution in [0.5, 0.6) is 5.75 Å². The van der Waals surface area contributed by atoms with Crippen molar-refractivity contribution < 1.29 is 29.6 Å². The Balaban J connectivity index is 1.67. The number of aliphatic hydroxyl groups excluding tert-OH is 3. The van der Waals surface area contributed by atoms with Gasteiger partial charge in [-0.3, -0.25) is 9.36 Å². The molecule has 1 fully saturated rings. The molecular formula is C36H33N3O7. The molecule has 1 aromatic heterocycles. The first kappa shape index (κ1) is 30.9. The first-order valence-corrected chi connectivity index (χ1v) is 14.7. The van der Waals surface area contributed by atoms with Crippen LogP contribution in [0.2, 0.25) is 0 Å². The van der Waals surface area contributed by atoms with E-state index in [4.69, 9.17) is 9.47 Å². The third-order valence-corrected chi connectivity index (χ3v) is 8.51. The second-order valence-electron chi connectivity index (χ2n) is 11.0. The fourth-order valence-electron chi connectivity index (χ4n) is 6.50. The summed E-state index contributed by atoms with van der Waals surface area (Å²) in [6.45, 7) is -0.648. The van der Waals surface area contributed by atoms with Crippen molar-refractivity contribution in [2.75, 3.05) is 19.0 Å². The zero-order valence-electron chi connectivity index (χ0n) is 24.9. The number of hydrogen-bond acceptors (Lipinski definition) is 8. The zero-order valence-corrected chi connectivity index (χ0v) is 24.9. The number of amides is 1. The lowest BCUT2D eigenvalue weighted by atomic mass is 9.60. The molecule has 4 atom stereocenters. The maximum Gasteiger partial charge on any atom is 0.351 e. The number of rotatable bonds is 9. The largest absolute Gasteiger partial charge is 0.497 e. The van der Waals surface area contributed by atoms with E-state index in [-0.39, 0.29) is 5.82 Å². The number of carbonyl (C=O) groups excluding carboxylic acids is 1. The summed E-state index contributed by atoms with van der Waals surface area (Å²) in [4.78, 5) is 31.3. The Kier molecular flexibility index (Phi) is 8.53. The van der Waals surface area contributed by atoms with Gasteiger partial charge < -0.3 is 30.1 Å². The maximum atomic E-state index is 14.2. The Morgan fingerprint density at radius 2 is 1.48 bits per heavy atom. The van der Waals surface area contributed by atoms with Crippen LogP contribution in [0.4, 0.5) is 5.82 Å². The Labute approximate surface area is 265 Å². The van der Waals surface area contributed by atoms with Crippen molar-refractivity contribution >= 4 is 11.7 Å². The maximum absolute atomic E-state index is 14.2. The lowest BCUT2D eigenvalue weighted by molar-refractivity contribution is -0.180. The highest BCUT2D eigenvalue weighted by atomic mass is 16.6. The first-order chi connectivity index (χ1) is 22.4. The van der Waals surface area contributed by atoms with Gasteiger partial charge in [-0.05, 0) is 47.0 Å². The highest BCUT2D eigenvalue weighted by Crippen LogP contribution is 2.57. The molecule has 1 aliphatic heterocycles. The van der Waals surface area contributed by atoms with E-state index in [1.807, 2.05) is 66.7 Å². The molecule has 10 nitrogen and oxygen atoms in total. The molecule has 0 spiro atoms. The third-order valence-electron chi connectivity index (χ3n) is 8.51. The number of aromatic nitrogens is 2. The van der Waals surface area contributed by atoms with Crippen molar-refractivity contribution in [3.05, 3.63) is 160 Å².